The van der Waals surface area contributed by atoms with Crippen LogP contribution in [0.15, 0.2) is 30.3 Å². The van der Waals surface area contributed by atoms with Gasteiger partial charge in [-0.3, -0.25) is 4.90 Å². The molecule has 0 saturated heterocycles. The van der Waals surface area contributed by atoms with Crippen molar-refractivity contribution in [3.63, 3.8) is 0 Å². The number of hydrogen-bond donors (Lipinski definition) is 2. The van der Waals surface area contributed by atoms with E-state index in [1.807, 2.05) is 30.3 Å². The Kier molecular flexibility index (Phi) is 4.53. The van der Waals surface area contributed by atoms with Crippen LogP contribution in [-0.4, -0.2) is 37.8 Å². The Morgan fingerprint density at radius 1 is 1.21 bits per heavy atom. The van der Waals surface area contributed by atoms with Crippen LogP contribution < -0.4 is 15.2 Å². The molecule has 0 spiro atoms. The van der Waals surface area contributed by atoms with Crippen molar-refractivity contribution in [1.29, 1.82) is 0 Å². The minimum Gasteiger partial charge on any atom is -0.504 e. The van der Waals surface area contributed by atoms with Gasteiger partial charge in [-0.15, -0.1) is 0 Å². The molecule has 0 fully saturated rings. The first kappa shape index (κ1) is 16.5. The number of aromatic hydroxyl groups is 1. The maximum Gasteiger partial charge on any atom is 0.160 e. The van der Waals surface area contributed by atoms with E-state index in [0.717, 1.165) is 42.0 Å². The van der Waals surface area contributed by atoms with E-state index in [2.05, 4.69) is 11.9 Å². The monoisotopic (exact) mass is 328 g/mol. The molecule has 0 bridgehead atoms. The minimum atomic E-state index is 0.168. The van der Waals surface area contributed by atoms with Gasteiger partial charge in [-0.2, -0.15) is 0 Å². The Morgan fingerprint density at radius 3 is 2.67 bits per heavy atom. The second-order valence-electron chi connectivity index (χ2n) is 6.24. The summed E-state index contributed by atoms with van der Waals surface area (Å²) in [6.45, 7) is 0.960. The first-order valence-electron chi connectivity index (χ1n) is 8.06. The average Bonchev–Trinajstić information content (AvgIpc) is 2.58. The molecule has 0 saturated carbocycles. The van der Waals surface area contributed by atoms with Crippen molar-refractivity contribution in [3.8, 4) is 17.2 Å². The van der Waals surface area contributed by atoms with Crippen LogP contribution in [-0.2, 0) is 12.8 Å². The van der Waals surface area contributed by atoms with E-state index in [4.69, 9.17) is 15.2 Å². The SMILES string of the molecule is COc1ccc(CC2c3cc(O)c(OC)cc3CCN2C)c(N)c1. The highest BCUT2D eigenvalue weighted by molar-refractivity contribution is 5.53. The number of fused-ring (bicyclic) bond motifs is 1. The van der Waals surface area contributed by atoms with Gasteiger partial charge in [-0.1, -0.05) is 6.07 Å². The van der Waals surface area contributed by atoms with Crippen LogP contribution in [0.4, 0.5) is 5.69 Å². The number of phenolic OH excluding ortho intramolecular Hbond substituents is 1. The molecule has 0 aromatic heterocycles. The van der Waals surface area contributed by atoms with Gasteiger partial charge in [0.05, 0.1) is 14.2 Å². The maximum atomic E-state index is 10.2. The fraction of sp³-hybridized carbons (Fsp3) is 0.368. The fourth-order valence-corrected chi connectivity index (χ4v) is 3.37. The van der Waals surface area contributed by atoms with E-state index in [9.17, 15) is 5.11 Å². The molecule has 1 aliphatic heterocycles. The summed E-state index contributed by atoms with van der Waals surface area (Å²) >= 11 is 0. The summed E-state index contributed by atoms with van der Waals surface area (Å²) in [7, 11) is 5.32. The molecule has 0 amide bonds. The molecule has 1 unspecified atom stereocenters. The Balaban J connectivity index is 1.95. The molecule has 3 rings (SSSR count). The lowest BCUT2D eigenvalue weighted by Crippen LogP contribution is -2.33. The third-order valence-corrected chi connectivity index (χ3v) is 4.83. The third-order valence-electron chi connectivity index (χ3n) is 4.83. The largest absolute Gasteiger partial charge is 0.504 e. The minimum absolute atomic E-state index is 0.168. The summed E-state index contributed by atoms with van der Waals surface area (Å²) in [4.78, 5) is 2.30. The number of ether oxygens (including phenoxy) is 2. The summed E-state index contributed by atoms with van der Waals surface area (Å²) < 4.78 is 10.5. The summed E-state index contributed by atoms with van der Waals surface area (Å²) in [6, 6.07) is 9.74. The topological polar surface area (TPSA) is 68.0 Å². The van der Waals surface area contributed by atoms with Crippen LogP contribution in [0.3, 0.4) is 0 Å². The van der Waals surface area contributed by atoms with Crippen molar-refractivity contribution in [3.05, 3.63) is 47.0 Å². The van der Waals surface area contributed by atoms with Gasteiger partial charge >= 0.3 is 0 Å². The number of anilines is 1. The molecule has 0 radical (unpaired) electrons. The number of nitrogen functional groups attached to an aromatic ring is 1. The van der Waals surface area contributed by atoms with Crippen LogP contribution in [0.1, 0.15) is 22.7 Å². The molecule has 2 aromatic carbocycles. The second kappa shape index (κ2) is 6.61. The predicted molar refractivity (Wildman–Crippen MR) is 94.8 cm³/mol. The van der Waals surface area contributed by atoms with Crippen LogP contribution in [0, 0.1) is 0 Å². The lowest BCUT2D eigenvalue weighted by atomic mass is 9.88. The van der Waals surface area contributed by atoms with Gasteiger partial charge in [-0.25, -0.2) is 0 Å². The highest BCUT2D eigenvalue weighted by Crippen LogP contribution is 2.39. The van der Waals surface area contributed by atoms with Gasteiger partial charge < -0.3 is 20.3 Å². The van der Waals surface area contributed by atoms with Crippen LogP contribution >= 0.6 is 0 Å². The molecule has 24 heavy (non-hydrogen) atoms. The summed E-state index contributed by atoms with van der Waals surface area (Å²) in [5, 5.41) is 10.2. The first-order valence-corrected chi connectivity index (χ1v) is 8.06. The molecule has 3 N–H and O–H groups in total. The van der Waals surface area contributed by atoms with Gasteiger partial charge in [0.1, 0.15) is 5.75 Å². The zero-order chi connectivity index (χ0) is 17.3. The summed E-state index contributed by atoms with van der Waals surface area (Å²) in [6.07, 6.45) is 1.72. The Labute approximate surface area is 142 Å². The van der Waals surface area contributed by atoms with E-state index >= 15 is 0 Å². The van der Waals surface area contributed by atoms with Gasteiger partial charge in [0.15, 0.2) is 11.5 Å². The molecule has 1 heterocycles. The number of hydrogen-bond acceptors (Lipinski definition) is 5. The predicted octanol–water partition coefficient (Wildman–Crippen LogP) is 2.76. The van der Waals surface area contributed by atoms with E-state index < -0.39 is 0 Å². The average molecular weight is 328 g/mol. The number of phenols is 1. The van der Waals surface area contributed by atoms with Crippen LogP contribution in [0.25, 0.3) is 0 Å². The number of nitrogens with two attached hydrogens (primary N) is 1. The fourth-order valence-electron chi connectivity index (χ4n) is 3.37. The zero-order valence-corrected chi connectivity index (χ0v) is 14.4. The van der Waals surface area contributed by atoms with E-state index in [1.54, 1.807) is 14.2 Å². The molecule has 5 heteroatoms. The number of methoxy groups -OCH3 is 2. The van der Waals surface area contributed by atoms with Crippen molar-refractivity contribution in [2.45, 2.75) is 18.9 Å². The van der Waals surface area contributed by atoms with E-state index in [0.29, 0.717) is 5.75 Å². The summed E-state index contributed by atoms with van der Waals surface area (Å²) in [5.41, 5.74) is 10.4. The van der Waals surface area contributed by atoms with Crippen molar-refractivity contribution in [2.75, 3.05) is 33.5 Å². The number of nitrogens with zero attached hydrogens (tertiary/aromatic N) is 1. The molecular formula is C19H24N2O3. The van der Waals surface area contributed by atoms with Crippen LogP contribution in [0.2, 0.25) is 0 Å². The van der Waals surface area contributed by atoms with E-state index in [1.165, 1.54) is 5.56 Å². The van der Waals surface area contributed by atoms with E-state index in [-0.39, 0.29) is 11.8 Å². The van der Waals surface area contributed by atoms with Crippen molar-refractivity contribution >= 4 is 5.69 Å². The van der Waals surface area contributed by atoms with Crippen LogP contribution in [0.5, 0.6) is 17.2 Å². The highest BCUT2D eigenvalue weighted by Gasteiger charge is 2.27. The van der Waals surface area contributed by atoms with Gasteiger partial charge in [-0.05, 0) is 54.8 Å². The van der Waals surface area contributed by atoms with Crippen molar-refractivity contribution in [1.82, 2.24) is 4.90 Å². The Hall–Kier alpha value is -2.40. The molecule has 128 valence electrons. The lowest BCUT2D eigenvalue weighted by molar-refractivity contribution is 0.228. The smallest absolute Gasteiger partial charge is 0.160 e. The zero-order valence-electron chi connectivity index (χ0n) is 14.4. The lowest BCUT2D eigenvalue weighted by Gasteiger charge is -2.35. The number of likely N-dealkylation sites (N-methyl/N-ethyl adjacent to an activating group) is 1. The molecule has 5 nitrogen and oxygen atoms in total. The highest BCUT2D eigenvalue weighted by atomic mass is 16.5. The van der Waals surface area contributed by atoms with Crippen molar-refractivity contribution in [2.24, 2.45) is 0 Å². The molecule has 1 aliphatic rings. The normalized spacial score (nSPS) is 17.4. The molecule has 1 atom stereocenters. The number of benzene rings is 2. The molecule has 2 aromatic rings. The third kappa shape index (κ3) is 2.99. The van der Waals surface area contributed by atoms with Gasteiger partial charge in [0.25, 0.3) is 0 Å². The maximum absolute atomic E-state index is 10.2. The second-order valence-corrected chi connectivity index (χ2v) is 6.24. The Bertz CT molecular complexity index is 746. The van der Waals surface area contributed by atoms with Gasteiger partial charge in [0.2, 0.25) is 0 Å². The molecular weight excluding hydrogens is 304 g/mol. The molecule has 0 aliphatic carbocycles. The number of rotatable bonds is 4. The van der Waals surface area contributed by atoms with Crippen molar-refractivity contribution < 1.29 is 14.6 Å². The summed E-state index contributed by atoms with van der Waals surface area (Å²) in [5.74, 6) is 1.47. The standard InChI is InChI=1S/C19H24N2O3/c1-21-7-6-12-9-19(24-3)18(22)11-15(12)17(21)8-13-4-5-14(23-2)10-16(13)20/h4-5,9-11,17,22H,6-8,20H2,1-3H3. The van der Waals surface area contributed by atoms with Gasteiger partial charge in [0, 0.05) is 24.3 Å². The quantitative estimate of drug-likeness (QED) is 0.845. The first-order chi connectivity index (χ1) is 11.5. The Morgan fingerprint density at radius 2 is 2.00 bits per heavy atom.